The quantitative estimate of drug-likeness (QED) is 0.760. The molecule has 0 radical (unpaired) electrons. The van der Waals surface area contributed by atoms with Gasteiger partial charge in [0.1, 0.15) is 5.82 Å². The van der Waals surface area contributed by atoms with E-state index >= 15 is 0 Å². The monoisotopic (exact) mass is 219 g/mol. The van der Waals surface area contributed by atoms with Gasteiger partial charge < -0.3 is 5.32 Å². The van der Waals surface area contributed by atoms with E-state index in [4.69, 9.17) is 0 Å². The summed E-state index contributed by atoms with van der Waals surface area (Å²) in [4.78, 5) is 0. The minimum absolute atomic E-state index is 0.131. The molecule has 0 aliphatic heterocycles. The van der Waals surface area contributed by atoms with Crippen molar-refractivity contribution in [3.05, 3.63) is 41.7 Å². The molecule has 1 aliphatic carbocycles. The van der Waals surface area contributed by atoms with Gasteiger partial charge in [-0.05, 0) is 44.2 Å². The molecule has 0 aromatic heterocycles. The molecule has 1 atom stereocenters. The first-order valence-corrected chi connectivity index (χ1v) is 5.91. The average molecular weight is 219 g/mol. The van der Waals surface area contributed by atoms with Crippen molar-refractivity contribution in [1.29, 1.82) is 0 Å². The molecule has 0 saturated heterocycles. The Kier molecular flexibility index (Phi) is 3.60. The summed E-state index contributed by atoms with van der Waals surface area (Å²) in [7, 11) is 0. The highest BCUT2D eigenvalue weighted by molar-refractivity contribution is 5.50. The van der Waals surface area contributed by atoms with Crippen molar-refractivity contribution < 1.29 is 4.39 Å². The normalized spacial score (nSPS) is 19.8. The van der Waals surface area contributed by atoms with E-state index in [1.165, 1.54) is 18.9 Å². The van der Waals surface area contributed by atoms with Gasteiger partial charge in [0.05, 0.1) is 0 Å². The molecular weight excluding hydrogens is 201 g/mol. The van der Waals surface area contributed by atoms with Crippen LogP contribution in [0.2, 0.25) is 0 Å². The Balaban J connectivity index is 1.94. The summed E-state index contributed by atoms with van der Waals surface area (Å²) in [5, 5.41) is 3.35. The fourth-order valence-electron chi connectivity index (χ4n) is 2.09. The van der Waals surface area contributed by atoms with Crippen LogP contribution in [0.5, 0.6) is 0 Å². The Hall–Kier alpha value is -1.31. The van der Waals surface area contributed by atoms with Gasteiger partial charge in [0, 0.05) is 17.8 Å². The van der Waals surface area contributed by atoms with Crippen LogP contribution in [0, 0.1) is 18.7 Å². The Labute approximate surface area is 96.4 Å². The van der Waals surface area contributed by atoms with Crippen molar-refractivity contribution in [3.8, 4) is 0 Å². The van der Waals surface area contributed by atoms with E-state index in [9.17, 15) is 4.39 Å². The lowest BCUT2D eigenvalue weighted by molar-refractivity contribution is 0.504. The zero-order valence-electron chi connectivity index (χ0n) is 9.67. The van der Waals surface area contributed by atoms with Crippen molar-refractivity contribution in [2.75, 3.05) is 11.9 Å². The van der Waals surface area contributed by atoms with E-state index in [2.05, 4.69) is 17.5 Å². The molecule has 0 spiro atoms. The number of benzene rings is 1. The second kappa shape index (κ2) is 5.15. The predicted molar refractivity (Wildman–Crippen MR) is 66.1 cm³/mol. The molecule has 0 saturated carbocycles. The molecule has 1 unspecified atom stereocenters. The molecular formula is C14H18FN. The second-order valence-corrected chi connectivity index (χ2v) is 4.44. The highest BCUT2D eigenvalue weighted by atomic mass is 19.1. The lowest BCUT2D eigenvalue weighted by Crippen LogP contribution is -2.16. The van der Waals surface area contributed by atoms with Gasteiger partial charge in [-0.1, -0.05) is 18.2 Å². The van der Waals surface area contributed by atoms with Gasteiger partial charge in [-0.15, -0.1) is 0 Å². The summed E-state index contributed by atoms with van der Waals surface area (Å²) in [6.45, 7) is 2.76. The number of anilines is 1. The maximum Gasteiger partial charge on any atom is 0.128 e. The van der Waals surface area contributed by atoms with E-state index < -0.39 is 0 Å². The van der Waals surface area contributed by atoms with Crippen molar-refractivity contribution in [2.45, 2.75) is 26.2 Å². The molecule has 2 heteroatoms. The average Bonchev–Trinajstić information content (AvgIpc) is 2.32. The first kappa shape index (κ1) is 11.2. The van der Waals surface area contributed by atoms with Crippen LogP contribution in [0.4, 0.5) is 10.1 Å². The SMILES string of the molecule is Cc1c(F)cccc1NCC1CC=CCC1. The van der Waals surface area contributed by atoms with Crippen LogP contribution in [0.25, 0.3) is 0 Å². The van der Waals surface area contributed by atoms with E-state index in [-0.39, 0.29) is 5.82 Å². The molecule has 2 rings (SSSR count). The van der Waals surface area contributed by atoms with Crippen molar-refractivity contribution in [1.82, 2.24) is 0 Å². The number of hydrogen-bond donors (Lipinski definition) is 1. The number of halogens is 1. The summed E-state index contributed by atoms with van der Waals surface area (Å²) in [5.41, 5.74) is 1.64. The van der Waals surface area contributed by atoms with Gasteiger partial charge in [0.25, 0.3) is 0 Å². The number of allylic oxidation sites excluding steroid dienone is 2. The van der Waals surface area contributed by atoms with E-state index in [1.807, 2.05) is 13.0 Å². The summed E-state index contributed by atoms with van der Waals surface area (Å²) in [6, 6.07) is 5.20. The molecule has 0 bridgehead atoms. The zero-order valence-corrected chi connectivity index (χ0v) is 9.67. The molecule has 1 nitrogen and oxygen atoms in total. The molecule has 16 heavy (non-hydrogen) atoms. The van der Waals surface area contributed by atoms with Gasteiger partial charge in [-0.25, -0.2) is 4.39 Å². The molecule has 1 aromatic rings. The third kappa shape index (κ3) is 2.63. The van der Waals surface area contributed by atoms with Crippen molar-refractivity contribution in [2.24, 2.45) is 5.92 Å². The summed E-state index contributed by atoms with van der Waals surface area (Å²) < 4.78 is 13.3. The maximum atomic E-state index is 13.3. The fraction of sp³-hybridized carbons (Fsp3) is 0.429. The Morgan fingerprint density at radius 2 is 2.25 bits per heavy atom. The standard InChI is InChI=1S/C14H18FN/c1-11-13(15)8-5-9-14(11)16-10-12-6-3-2-4-7-12/h2-3,5,8-9,12,16H,4,6-7,10H2,1H3. The topological polar surface area (TPSA) is 12.0 Å². The van der Waals surface area contributed by atoms with Gasteiger partial charge in [0.15, 0.2) is 0 Å². The lowest BCUT2D eigenvalue weighted by atomic mass is 9.94. The highest BCUT2D eigenvalue weighted by Gasteiger charge is 2.10. The molecule has 1 aliphatic rings. The van der Waals surface area contributed by atoms with Gasteiger partial charge in [0.2, 0.25) is 0 Å². The predicted octanol–water partition coefficient (Wildman–Crippen LogP) is 3.90. The molecule has 0 heterocycles. The lowest BCUT2D eigenvalue weighted by Gasteiger charge is -2.19. The second-order valence-electron chi connectivity index (χ2n) is 4.44. The number of hydrogen-bond acceptors (Lipinski definition) is 1. The van der Waals surface area contributed by atoms with Crippen LogP contribution in [-0.4, -0.2) is 6.54 Å². The maximum absolute atomic E-state index is 13.3. The Bertz CT molecular complexity index is 384. The first-order chi connectivity index (χ1) is 7.77. The number of nitrogens with one attached hydrogen (secondary N) is 1. The van der Waals surface area contributed by atoms with Crippen molar-refractivity contribution in [3.63, 3.8) is 0 Å². The first-order valence-electron chi connectivity index (χ1n) is 5.91. The third-order valence-corrected chi connectivity index (χ3v) is 3.23. The van der Waals surface area contributed by atoms with E-state index in [0.717, 1.165) is 18.7 Å². The molecule has 86 valence electrons. The van der Waals surface area contributed by atoms with Crippen LogP contribution in [-0.2, 0) is 0 Å². The Morgan fingerprint density at radius 1 is 1.38 bits per heavy atom. The molecule has 1 N–H and O–H groups in total. The van der Waals surface area contributed by atoms with Crippen LogP contribution >= 0.6 is 0 Å². The van der Waals surface area contributed by atoms with Crippen LogP contribution < -0.4 is 5.32 Å². The van der Waals surface area contributed by atoms with Crippen molar-refractivity contribution >= 4 is 5.69 Å². The summed E-state index contributed by atoms with van der Waals surface area (Å²) in [5.74, 6) is 0.557. The minimum atomic E-state index is -0.131. The third-order valence-electron chi connectivity index (χ3n) is 3.23. The van der Waals surface area contributed by atoms with Crippen LogP contribution in [0.15, 0.2) is 30.4 Å². The summed E-state index contributed by atoms with van der Waals surface area (Å²) >= 11 is 0. The number of rotatable bonds is 3. The van der Waals surface area contributed by atoms with Gasteiger partial charge >= 0.3 is 0 Å². The molecule has 0 fully saturated rings. The molecule has 1 aromatic carbocycles. The van der Waals surface area contributed by atoms with E-state index in [0.29, 0.717) is 11.5 Å². The van der Waals surface area contributed by atoms with E-state index in [1.54, 1.807) is 6.07 Å². The van der Waals surface area contributed by atoms with Gasteiger partial charge in [-0.2, -0.15) is 0 Å². The molecule has 0 amide bonds. The zero-order chi connectivity index (χ0) is 11.4. The Morgan fingerprint density at radius 3 is 3.00 bits per heavy atom. The van der Waals surface area contributed by atoms with Gasteiger partial charge in [-0.3, -0.25) is 0 Å². The smallest absolute Gasteiger partial charge is 0.128 e. The summed E-state index contributed by atoms with van der Waals surface area (Å²) in [6.07, 6.45) is 8.03. The van der Waals surface area contributed by atoms with Crippen LogP contribution in [0.3, 0.4) is 0 Å². The minimum Gasteiger partial charge on any atom is -0.384 e. The fourth-order valence-corrected chi connectivity index (χ4v) is 2.09. The van der Waals surface area contributed by atoms with Crippen LogP contribution in [0.1, 0.15) is 24.8 Å². The largest absolute Gasteiger partial charge is 0.384 e. The highest BCUT2D eigenvalue weighted by Crippen LogP contribution is 2.21.